The molecule has 196 valence electrons. The summed E-state index contributed by atoms with van der Waals surface area (Å²) in [6.45, 7) is 3.52. The summed E-state index contributed by atoms with van der Waals surface area (Å²) in [5, 5.41) is 0. The van der Waals surface area contributed by atoms with Gasteiger partial charge in [0.15, 0.2) is 0 Å². The number of hydrogen-bond acceptors (Lipinski definition) is 2. The van der Waals surface area contributed by atoms with E-state index < -0.39 is 0 Å². The standard InChI is InChI=1S/C35H37ClO2/c1-2-34(29-15-9-6-10-16-29)35(30-17-21-32(22-18-30)37-26-12-4-3-11-25-36)31-19-23-33(24-20-31)38-27-28-13-7-5-8-14-28/h5-10,13-24H,2-4,11-12,25-27H2,1H3/b35-34-. The maximum atomic E-state index is 6.05. The Balaban J connectivity index is 1.55. The molecule has 0 saturated carbocycles. The molecule has 0 fully saturated rings. The molecule has 0 aliphatic heterocycles. The minimum Gasteiger partial charge on any atom is -0.494 e. The largest absolute Gasteiger partial charge is 0.494 e. The number of ether oxygens (including phenoxy) is 2. The Bertz CT molecular complexity index is 1250. The topological polar surface area (TPSA) is 18.5 Å². The van der Waals surface area contributed by atoms with Crippen LogP contribution in [-0.2, 0) is 6.61 Å². The number of hydrogen-bond donors (Lipinski definition) is 0. The van der Waals surface area contributed by atoms with Crippen LogP contribution in [0.2, 0.25) is 0 Å². The van der Waals surface area contributed by atoms with Crippen molar-refractivity contribution < 1.29 is 9.47 Å². The molecule has 0 bridgehead atoms. The molecule has 4 aromatic carbocycles. The zero-order valence-corrected chi connectivity index (χ0v) is 23.0. The van der Waals surface area contributed by atoms with Crippen molar-refractivity contribution in [3.63, 3.8) is 0 Å². The van der Waals surface area contributed by atoms with Gasteiger partial charge in [0.1, 0.15) is 18.1 Å². The first-order valence-corrected chi connectivity index (χ1v) is 14.2. The lowest BCUT2D eigenvalue weighted by molar-refractivity contribution is 0.305. The number of rotatable bonds is 14. The van der Waals surface area contributed by atoms with E-state index in [9.17, 15) is 0 Å². The summed E-state index contributed by atoms with van der Waals surface area (Å²) in [6.07, 6.45) is 5.37. The van der Waals surface area contributed by atoms with Gasteiger partial charge >= 0.3 is 0 Å². The number of allylic oxidation sites excluding steroid dienone is 1. The second kappa shape index (κ2) is 15.1. The molecular weight excluding hydrogens is 488 g/mol. The Morgan fingerprint density at radius 3 is 1.71 bits per heavy atom. The highest BCUT2D eigenvalue weighted by molar-refractivity contribution is 6.17. The lowest BCUT2D eigenvalue weighted by Gasteiger charge is -2.17. The average molecular weight is 525 g/mol. The second-order valence-corrected chi connectivity index (χ2v) is 9.73. The third kappa shape index (κ3) is 8.00. The van der Waals surface area contributed by atoms with E-state index in [1.54, 1.807) is 0 Å². The summed E-state index contributed by atoms with van der Waals surface area (Å²) in [4.78, 5) is 0. The Morgan fingerprint density at radius 2 is 1.13 bits per heavy atom. The van der Waals surface area contributed by atoms with E-state index in [4.69, 9.17) is 21.1 Å². The molecule has 3 heteroatoms. The lowest BCUT2D eigenvalue weighted by atomic mass is 9.88. The number of benzene rings is 4. The lowest BCUT2D eigenvalue weighted by Crippen LogP contribution is -1.99. The van der Waals surface area contributed by atoms with E-state index in [0.717, 1.165) is 61.7 Å². The monoisotopic (exact) mass is 524 g/mol. The molecule has 0 saturated heterocycles. The Morgan fingerprint density at radius 1 is 0.579 bits per heavy atom. The van der Waals surface area contributed by atoms with Crippen LogP contribution < -0.4 is 9.47 Å². The number of unbranched alkanes of at least 4 members (excludes halogenated alkanes) is 3. The molecular formula is C35H37ClO2. The van der Waals surface area contributed by atoms with Crippen LogP contribution in [0.3, 0.4) is 0 Å². The summed E-state index contributed by atoms with van der Waals surface area (Å²) >= 11 is 5.77. The third-order valence-corrected chi connectivity index (χ3v) is 6.88. The highest BCUT2D eigenvalue weighted by atomic mass is 35.5. The maximum absolute atomic E-state index is 6.05. The molecule has 0 unspecified atom stereocenters. The van der Waals surface area contributed by atoms with Crippen molar-refractivity contribution in [2.45, 2.75) is 45.6 Å². The molecule has 0 aliphatic carbocycles. The molecule has 0 atom stereocenters. The van der Waals surface area contributed by atoms with E-state index in [-0.39, 0.29) is 0 Å². The molecule has 0 N–H and O–H groups in total. The van der Waals surface area contributed by atoms with Gasteiger partial charge in [-0.2, -0.15) is 0 Å². The predicted octanol–water partition coefficient (Wildman–Crippen LogP) is 9.81. The Labute approximate surface area is 232 Å². The van der Waals surface area contributed by atoms with Gasteiger partial charge in [-0.05, 0) is 76.9 Å². The van der Waals surface area contributed by atoms with Crippen molar-refractivity contribution in [3.8, 4) is 11.5 Å². The van der Waals surface area contributed by atoms with Crippen LogP contribution in [-0.4, -0.2) is 12.5 Å². The van der Waals surface area contributed by atoms with Crippen LogP contribution in [0, 0.1) is 0 Å². The molecule has 38 heavy (non-hydrogen) atoms. The summed E-state index contributed by atoms with van der Waals surface area (Å²) in [5.74, 6) is 2.52. The maximum Gasteiger partial charge on any atom is 0.119 e. The first kappa shape index (κ1) is 27.5. The fourth-order valence-electron chi connectivity index (χ4n) is 4.60. The second-order valence-electron chi connectivity index (χ2n) is 9.35. The van der Waals surface area contributed by atoms with Gasteiger partial charge in [0.2, 0.25) is 0 Å². The highest BCUT2D eigenvalue weighted by Gasteiger charge is 2.13. The highest BCUT2D eigenvalue weighted by Crippen LogP contribution is 2.35. The summed E-state index contributed by atoms with van der Waals surface area (Å²) < 4.78 is 12.1. The zero-order chi connectivity index (χ0) is 26.4. The fourth-order valence-corrected chi connectivity index (χ4v) is 4.79. The van der Waals surface area contributed by atoms with E-state index in [0.29, 0.717) is 6.61 Å². The molecule has 0 aromatic heterocycles. The number of alkyl halides is 1. The van der Waals surface area contributed by atoms with Gasteiger partial charge in [-0.25, -0.2) is 0 Å². The molecule has 2 nitrogen and oxygen atoms in total. The SMILES string of the molecule is CC/C(=C(\c1ccc(OCCCCCCCl)cc1)c1ccc(OCc2ccccc2)cc1)c1ccccc1. The van der Waals surface area contributed by atoms with E-state index >= 15 is 0 Å². The van der Waals surface area contributed by atoms with Crippen LogP contribution in [0.4, 0.5) is 0 Å². The molecule has 0 radical (unpaired) electrons. The fraction of sp³-hybridized carbons (Fsp3) is 0.257. The van der Waals surface area contributed by atoms with Gasteiger partial charge in [0.05, 0.1) is 6.61 Å². The van der Waals surface area contributed by atoms with Crippen molar-refractivity contribution >= 4 is 22.7 Å². The van der Waals surface area contributed by atoms with Crippen LogP contribution in [0.1, 0.15) is 61.3 Å². The van der Waals surface area contributed by atoms with Crippen molar-refractivity contribution in [3.05, 3.63) is 131 Å². The van der Waals surface area contributed by atoms with Gasteiger partial charge in [-0.1, -0.05) is 105 Å². The minimum absolute atomic E-state index is 0.557. The first-order valence-electron chi connectivity index (χ1n) is 13.6. The number of halogens is 1. The van der Waals surface area contributed by atoms with E-state index in [2.05, 4.69) is 97.9 Å². The van der Waals surface area contributed by atoms with Gasteiger partial charge in [0, 0.05) is 5.88 Å². The Kier molecular flexibility index (Phi) is 10.9. The summed E-state index contributed by atoms with van der Waals surface area (Å²) in [6, 6.07) is 37.9. The van der Waals surface area contributed by atoms with Crippen LogP contribution in [0.25, 0.3) is 11.1 Å². The van der Waals surface area contributed by atoms with Gasteiger partial charge < -0.3 is 9.47 Å². The van der Waals surface area contributed by atoms with Crippen LogP contribution in [0.15, 0.2) is 109 Å². The quantitative estimate of drug-likeness (QED) is 0.0927. The van der Waals surface area contributed by atoms with Gasteiger partial charge in [-0.3, -0.25) is 0 Å². The normalized spacial score (nSPS) is 11.6. The molecule has 0 heterocycles. The van der Waals surface area contributed by atoms with E-state index in [1.165, 1.54) is 27.8 Å². The zero-order valence-electron chi connectivity index (χ0n) is 22.2. The molecule has 0 aliphatic rings. The predicted molar refractivity (Wildman–Crippen MR) is 161 cm³/mol. The molecule has 0 amide bonds. The van der Waals surface area contributed by atoms with E-state index in [1.807, 2.05) is 18.2 Å². The van der Waals surface area contributed by atoms with Crippen molar-refractivity contribution in [1.82, 2.24) is 0 Å². The minimum atomic E-state index is 0.557. The summed E-state index contributed by atoms with van der Waals surface area (Å²) in [7, 11) is 0. The van der Waals surface area contributed by atoms with Crippen molar-refractivity contribution in [2.24, 2.45) is 0 Å². The van der Waals surface area contributed by atoms with Crippen LogP contribution in [0.5, 0.6) is 11.5 Å². The van der Waals surface area contributed by atoms with Gasteiger partial charge in [0.25, 0.3) is 0 Å². The van der Waals surface area contributed by atoms with Gasteiger partial charge in [-0.15, -0.1) is 11.6 Å². The molecule has 4 aromatic rings. The average Bonchev–Trinajstić information content (AvgIpc) is 2.98. The first-order chi connectivity index (χ1) is 18.8. The molecule has 4 rings (SSSR count). The molecule has 0 spiro atoms. The summed E-state index contributed by atoms with van der Waals surface area (Å²) in [5.41, 5.74) is 7.31. The van der Waals surface area contributed by atoms with Crippen LogP contribution >= 0.6 is 11.6 Å². The van der Waals surface area contributed by atoms with Crippen molar-refractivity contribution in [2.75, 3.05) is 12.5 Å². The Hall–Kier alpha value is -3.49. The van der Waals surface area contributed by atoms with Crippen molar-refractivity contribution in [1.29, 1.82) is 0 Å². The third-order valence-electron chi connectivity index (χ3n) is 6.61. The smallest absolute Gasteiger partial charge is 0.119 e.